The second-order valence-corrected chi connectivity index (χ2v) is 7.44. The van der Waals surface area contributed by atoms with E-state index in [0.29, 0.717) is 0 Å². The van der Waals surface area contributed by atoms with Crippen molar-refractivity contribution in [2.45, 2.75) is 37.1 Å². The molecule has 0 aromatic carbocycles. The van der Waals surface area contributed by atoms with Crippen LogP contribution in [0.1, 0.15) is 12.8 Å². The van der Waals surface area contributed by atoms with Gasteiger partial charge in [-0.15, -0.1) is 0 Å². The number of carboxylic acid groups (broad SMARTS) is 1. The van der Waals surface area contributed by atoms with E-state index >= 15 is 0 Å². The molecule has 0 radical (unpaired) electrons. The molecule has 2 heterocycles. The van der Waals surface area contributed by atoms with Crippen molar-refractivity contribution >= 4 is 68.9 Å². The standard InChI is InChI=1S/C14H18I2N2O7/c15-3-11(20)17-5-7(19)1-10(17)14(24)25-8-2-9(13(22)23)18(6-8)12(21)4-16/h7-10,19H,1-6H2,(H,22,23)/t7-,8-,9+,10+/m0/s1. The number of carbonyl (C=O) groups is 4. The van der Waals surface area contributed by atoms with Gasteiger partial charge in [-0.3, -0.25) is 9.59 Å². The van der Waals surface area contributed by atoms with Crippen LogP contribution in [0.2, 0.25) is 0 Å². The number of nitrogens with zero attached hydrogens (tertiary/aromatic N) is 2. The minimum Gasteiger partial charge on any atom is -0.480 e. The van der Waals surface area contributed by atoms with Gasteiger partial charge in [0.15, 0.2) is 0 Å². The van der Waals surface area contributed by atoms with Gasteiger partial charge in [0.1, 0.15) is 18.2 Å². The maximum atomic E-state index is 12.4. The lowest BCUT2D eigenvalue weighted by molar-refractivity contribution is -0.157. The van der Waals surface area contributed by atoms with Crippen LogP contribution in [0, 0.1) is 0 Å². The summed E-state index contributed by atoms with van der Waals surface area (Å²) >= 11 is 3.73. The summed E-state index contributed by atoms with van der Waals surface area (Å²) in [5.74, 6) is -2.41. The first-order chi connectivity index (χ1) is 11.8. The molecule has 0 aromatic heterocycles. The molecule has 0 aromatic rings. The molecule has 2 fully saturated rings. The molecule has 140 valence electrons. The maximum absolute atomic E-state index is 12.4. The molecule has 2 amide bonds. The van der Waals surface area contributed by atoms with Crippen molar-refractivity contribution in [1.29, 1.82) is 0 Å². The van der Waals surface area contributed by atoms with Gasteiger partial charge in [0, 0.05) is 19.4 Å². The summed E-state index contributed by atoms with van der Waals surface area (Å²) in [5.41, 5.74) is 0. The Balaban J connectivity index is 2.04. The highest BCUT2D eigenvalue weighted by Gasteiger charge is 2.44. The van der Waals surface area contributed by atoms with Crippen molar-refractivity contribution in [1.82, 2.24) is 9.80 Å². The Labute approximate surface area is 171 Å². The molecule has 0 saturated carbocycles. The average Bonchev–Trinajstić information content (AvgIpc) is 3.17. The van der Waals surface area contributed by atoms with E-state index in [1.54, 1.807) is 0 Å². The number of amides is 2. The molecule has 25 heavy (non-hydrogen) atoms. The summed E-state index contributed by atoms with van der Waals surface area (Å²) < 4.78 is 5.68. The van der Waals surface area contributed by atoms with E-state index in [2.05, 4.69) is 0 Å². The molecule has 2 saturated heterocycles. The predicted molar refractivity (Wildman–Crippen MR) is 102 cm³/mol. The maximum Gasteiger partial charge on any atom is 0.329 e. The molecular weight excluding hydrogens is 562 g/mol. The first-order valence-corrected chi connectivity index (χ1v) is 10.7. The number of β-amino-alcohol motifs (C(OH)–C–C–N with tert-alkyl or cyclic N) is 1. The summed E-state index contributed by atoms with van der Waals surface area (Å²) in [4.78, 5) is 50.0. The van der Waals surface area contributed by atoms with Gasteiger partial charge in [0.2, 0.25) is 11.8 Å². The number of hydrogen-bond acceptors (Lipinski definition) is 6. The lowest BCUT2D eigenvalue weighted by Gasteiger charge is -2.23. The SMILES string of the molecule is O=C(O)[C@H]1C[C@H](OC(=O)[C@H]2C[C@H](O)CN2C(=O)CI)CN1C(=O)CI. The first-order valence-electron chi connectivity index (χ1n) is 7.60. The van der Waals surface area contributed by atoms with Crippen molar-refractivity contribution in [2.75, 3.05) is 21.9 Å². The number of carbonyl (C=O) groups excluding carboxylic acids is 3. The number of aliphatic hydroxyl groups excluding tert-OH is 1. The third kappa shape index (κ3) is 4.72. The zero-order valence-corrected chi connectivity index (χ0v) is 17.5. The van der Waals surface area contributed by atoms with Gasteiger partial charge >= 0.3 is 11.9 Å². The van der Waals surface area contributed by atoms with Gasteiger partial charge in [-0.25, -0.2) is 9.59 Å². The van der Waals surface area contributed by atoms with Crippen LogP contribution in [-0.4, -0.2) is 90.0 Å². The smallest absolute Gasteiger partial charge is 0.329 e. The number of hydrogen-bond donors (Lipinski definition) is 2. The fraction of sp³-hybridized carbons (Fsp3) is 0.714. The van der Waals surface area contributed by atoms with E-state index < -0.39 is 36.2 Å². The highest BCUT2D eigenvalue weighted by Crippen LogP contribution is 2.25. The number of esters is 1. The Hall–Kier alpha value is -0.700. The Morgan fingerprint density at radius 3 is 2.04 bits per heavy atom. The van der Waals surface area contributed by atoms with Gasteiger partial charge in [0.05, 0.1) is 21.5 Å². The van der Waals surface area contributed by atoms with Gasteiger partial charge < -0.3 is 24.7 Å². The average molecular weight is 580 g/mol. The van der Waals surface area contributed by atoms with Crippen LogP contribution in [0.25, 0.3) is 0 Å². The second kappa shape index (κ2) is 8.79. The fourth-order valence-corrected chi connectivity index (χ4v) is 3.98. The van der Waals surface area contributed by atoms with Crippen LogP contribution < -0.4 is 0 Å². The van der Waals surface area contributed by atoms with Crippen molar-refractivity contribution in [3.05, 3.63) is 0 Å². The van der Waals surface area contributed by atoms with Gasteiger partial charge in [-0.1, -0.05) is 45.2 Å². The molecule has 2 N–H and O–H groups in total. The summed E-state index contributed by atoms with van der Waals surface area (Å²) in [7, 11) is 0. The van der Waals surface area contributed by atoms with Gasteiger partial charge in [-0.05, 0) is 0 Å². The molecule has 2 aliphatic rings. The Kier molecular flexibility index (Phi) is 7.25. The molecular formula is C14H18I2N2O7. The van der Waals surface area contributed by atoms with Crippen LogP contribution in [0.15, 0.2) is 0 Å². The van der Waals surface area contributed by atoms with Crippen LogP contribution in [-0.2, 0) is 23.9 Å². The summed E-state index contributed by atoms with van der Waals surface area (Å²) in [5, 5.41) is 19.0. The lowest BCUT2D eigenvalue weighted by atomic mass is 10.2. The summed E-state index contributed by atoms with van der Waals surface area (Å²) in [6, 6.07) is -1.91. The van der Waals surface area contributed by atoms with Crippen LogP contribution in [0.4, 0.5) is 0 Å². The van der Waals surface area contributed by atoms with Gasteiger partial charge in [-0.2, -0.15) is 0 Å². The van der Waals surface area contributed by atoms with Crippen molar-refractivity contribution < 1.29 is 34.1 Å². The van der Waals surface area contributed by atoms with Crippen molar-refractivity contribution in [3.63, 3.8) is 0 Å². The van der Waals surface area contributed by atoms with E-state index in [4.69, 9.17) is 4.74 Å². The van der Waals surface area contributed by atoms with Gasteiger partial charge in [0.25, 0.3) is 0 Å². The van der Waals surface area contributed by atoms with E-state index in [1.165, 1.54) is 9.80 Å². The number of ether oxygens (including phenoxy) is 1. The second-order valence-electron chi connectivity index (χ2n) is 5.91. The largest absolute Gasteiger partial charge is 0.480 e. The normalized spacial score (nSPS) is 28.9. The number of rotatable bonds is 5. The first kappa shape index (κ1) is 20.6. The lowest BCUT2D eigenvalue weighted by Crippen LogP contribution is -2.43. The molecule has 0 spiro atoms. The molecule has 9 nitrogen and oxygen atoms in total. The summed E-state index contributed by atoms with van der Waals surface area (Å²) in [6.45, 7) is 0.0868. The number of likely N-dealkylation sites (tertiary alicyclic amines) is 2. The molecule has 0 bridgehead atoms. The van der Waals surface area contributed by atoms with Crippen molar-refractivity contribution in [2.24, 2.45) is 0 Å². The molecule has 0 aliphatic carbocycles. The third-order valence-electron chi connectivity index (χ3n) is 4.25. The number of carboxylic acids is 1. The highest BCUT2D eigenvalue weighted by atomic mass is 127. The zero-order chi connectivity index (χ0) is 18.7. The van der Waals surface area contributed by atoms with Crippen LogP contribution in [0.5, 0.6) is 0 Å². The highest BCUT2D eigenvalue weighted by molar-refractivity contribution is 14.1. The summed E-state index contributed by atoms with van der Waals surface area (Å²) in [6.07, 6.45) is -1.43. The van der Waals surface area contributed by atoms with E-state index in [1.807, 2.05) is 45.2 Å². The van der Waals surface area contributed by atoms with E-state index in [-0.39, 0.29) is 46.6 Å². The third-order valence-corrected chi connectivity index (χ3v) is 5.56. The predicted octanol–water partition coefficient (Wildman–Crippen LogP) is -0.585. The molecule has 11 heteroatoms. The molecule has 4 atom stereocenters. The van der Waals surface area contributed by atoms with Crippen LogP contribution >= 0.6 is 45.2 Å². The Bertz CT molecular complexity index is 573. The Morgan fingerprint density at radius 1 is 0.960 bits per heavy atom. The van der Waals surface area contributed by atoms with E-state index in [9.17, 15) is 29.4 Å². The quantitative estimate of drug-likeness (QED) is 0.254. The number of alkyl halides is 2. The number of halogens is 2. The minimum absolute atomic E-state index is 0.0129. The van der Waals surface area contributed by atoms with Crippen LogP contribution in [0.3, 0.4) is 0 Å². The number of aliphatic hydroxyl groups is 1. The van der Waals surface area contributed by atoms with Crippen molar-refractivity contribution in [3.8, 4) is 0 Å². The minimum atomic E-state index is -1.14. The topological polar surface area (TPSA) is 124 Å². The Morgan fingerprint density at radius 2 is 1.52 bits per heavy atom. The monoisotopic (exact) mass is 580 g/mol. The zero-order valence-electron chi connectivity index (χ0n) is 13.1. The molecule has 2 rings (SSSR count). The number of aliphatic carboxylic acids is 1. The molecule has 0 unspecified atom stereocenters. The van der Waals surface area contributed by atoms with E-state index in [0.717, 1.165) is 0 Å². The molecule has 2 aliphatic heterocycles. The fourth-order valence-electron chi connectivity index (χ4n) is 3.10.